The molecule has 116 valence electrons. The minimum atomic E-state index is -0.296. The van der Waals surface area contributed by atoms with E-state index in [4.69, 9.17) is 27.9 Å². The molecule has 2 heterocycles. The lowest BCUT2D eigenvalue weighted by Crippen LogP contribution is -2.46. The van der Waals surface area contributed by atoms with Crippen LogP contribution in [0.15, 0.2) is 6.07 Å². The quantitative estimate of drug-likeness (QED) is 0.908. The topological polar surface area (TPSA) is 58.6 Å². The summed E-state index contributed by atoms with van der Waals surface area (Å²) in [5.74, 6) is -0.224. The molecule has 1 aromatic rings. The number of likely N-dealkylation sites (tertiary alicyclic amines) is 1. The van der Waals surface area contributed by atoms with Crippen molar-refractivity contribution in [2.24, 2.45) is 0 Å². The van der Waals surface area contributed by atoms with E-state index in [1.807, 2.05) is 0 Å². The van der Waals surface area contributed by atoms with E-state index in [0.29, 0.717) is 46.8 Å². The first-order valence-electron chi connectivity index (χ1n) is 6.68. The lowest BCUT2D eigenvalue weighted by Gasteiger charge is -2.31. The molecule has 0 spiro atoms. The third-order valence-electron chi connectivity index (χ3n) is 3.26. The van der Waals surface area contributed by atoms with Crippen LogP contribution in [-0.2, 0) is 4.74 Å². The second-order valence-electron chi connectivity index (χ2n) is 4.67. The van der Waals surface area contributed by atoms with Gasteiger partial charge in [-0.1, -0.05) is 23.2 Å². The molecule has 0 aliphatic carbocycles. The molecule has 1 aromatic heterocycles. The van der Waals surface area contributed by atoms with Gasteiger partial charge in [0.2, 0.25) is 0 Å². The average Bonchev–Trinajstić information content (AvgIpc) is 2.79. The maximum absolute atomic E-state index is 12.1. The number of hydrogen-bond acceptors (Lipinski definition) is 4. The first-order valence-corrected chi connectivity index (χ1v) is 8.26. The number of carbonyl (C=O) groups excluding carboxylic acids is 2. The Kier molecular flexibility index (Phi) is 5.72. The fourth-order valence-electron chi connectivity index (χ4n) is 2.18. The van der Waals surface area contributed by atoms with Crippen LogP contribution in [0.1, 0.15) is 30.1 Å². The fourth-order valence-corrected chi connectivity index (χ4v) is 3.64. The second kappa shape index (κ2) is 7.33. The molecule has 0 atom stereocenters. The van der Waals surface area contributed by atoms with Gasteiger partial charge in [-0.25, -0.2) is 4.79 Å². The van der Waals surface area contributed by atoms with Gasteiger partial charge in [0.05, 0.1) is 16.5 Å². The van der Waals surface area contributed by atoms with Crippen LogP contribution in [0.2, 0.25) is 8.67 Å². The van der Waals surface area contributed by atoms with Crippen molar-refractivity contribution in [3.05, 3.63) is 20.3 Å². The van der Waals surface area contributed by atoms with Crippen molar-refractivity contribution in [3.63, 3.8) is 0 Å². The standard InChI is InChI=1S/C13H16Cl2N2O3S/c1-2-20-13(19)17-5-3-8(4-6-17)16-12(18)9-7-10(14)21-11(9)15/h7-8H,2-6H2,1H3,(H,16,18). The molecule has 0 unspecified atom stereocenters. The Morgan fingerprint density at radius 3 is 2.62 bits per heavy atom. The lowest BCUT2D eigenvalue weighted by molar-refractivity contribution is 0.0860. The Balaban J connectivity index is 1.85. The van der Waals surface area contributed by atoms with E-state index in [1.165, 1.54) is 11.3 Å². The number of nitrogens with one attached hydrogen (secondary N) is 1. The Hall–Kier alpha value is -0.980. The molecule has 1 saturated heterocycles. The van der Waals surface area contributed by atoms with Gasteiger partial charge >= 0.3 is 6.09 Å². The molecule has 2 rings (SSSR count). The number of piperidine rings is 1. The molecule has 1 aliphatic rings. The summed E-state index contributed by atoms with van der Waals surface area (Å²) in [6.07, 6.45) is 1.09. The molecule has 1 fully saturated rings. The number of halogens is 2. The first-order chi connectivity index (χ1) is 10.0. The van der Waals surface area contributed by atoms with Crippen LogP contribution >= 0.6 is 34.5 Å². The minimum Gasteiger partial charge on any atom is -0.450 e. The number of amides is 2. The summed E-state index contributed by atoms with van der Waals surface area (Å²) < 4.78 is 5.83. The summed E-state index contributed by atoms with van der Waals surface area (Å²) >= 11 is 13.0. The molecule has 0 aromatic carbocycles. The number of thiophene rings is 1. The molecular weight excluding hydrogens is 335 g/mol. The van der Waals surface area contributed by atoms with E-state index in [1.54, 1.807) is 17.9 Å². The van der Waals surface area contributed by atoms with E-state index in [0.717, 1.165) is 0 Å². The molecule has 1 N–H and O–H groups in total. The van der Waals surface area contributed by atoms with Crippen molar-refractivity contribution in [1.29, 1.82) is 0 Å². The third-order valence-corrected chi connectivity index (χ3v) is 4.75. The maximum Gasteiger partial charge on any atom is 0.409 e. The molecule has 2 amide bonds. The van der Waals surface area contributed by atoms with E-state index >= 15 is 0 Å². The van der Waals surface area contributed by atoms with Gasteiger partial charge < -0.3 is 15.0 Å². The van der Waals surface area contributed by atoms with Gasteiger partial charge in [0.1, 0.15) is 4.34 Å². The largest absolute Gasteiger partial charge is 0.450 e. The number of ether oxygens (including phenoxy) is 1. The zero-order chi connectivity index (χ0) is 15.4. The highest BCUT2D eigenvalue weighted by Gasteiger charge is 2.25. The highest BCUT2D eigenvalue weighted by molar-refractivity contribution is 7.20. The average molecular weight is 351 g/mol. The molecule has 0 saturated carbocycles. The van der Waals surface area contributed by atoms with E-state index in [2.05, 4.69) is 5.32 Å². The van der Waals surface area contributed by atoms with Crippen molar-refractivity contribution in [3.8, 4) is 0 Å². The van der Waals surface area contributed by atoms with Gasteiger partial charge in [0.15, 0.2) is 0 Å². The minimum absolute atomic E-state index is 0.0259. The maximum atomic E-state index is 12.1. The number of rotatable bonds is 3. The van der Waals surface area contributed by atoms with Crippen LogP contribution < -0.4 is 5.32 Å². The number of hydrogen-bond donors (Lipinski definition) is 1. The normalized spacial score (nSPS) is 15.9. The molecule has 5 nitrogen and oxygen atoms in total. The van der Waals surface area contributed by atoms with Gasteiger partial charge in [-0.05, 0) is 25.8 Å². The fraction of sp³-hybridized carbons (Fsp3) is 0.538. The van der Waals surface area contributed by atoms with Crippen molar-refractivity contribution in [2.75, 3.05) is 19.7 Å². The summed E-state index contributed by atoms with van der Waals surface area (Å²) in [4.78, 5) is 25.3. The predicted molar refractivity (Wildman–Crippen MR) is 83.4 cm³/mol. The third kappa shape index (κ3) is 4.25. The Bertz CT molecular complexity index is 527. The monoisotopic (exact) mass is 350 g/mol. The summed E-state index contributed by atoms with van der Waals surface area (Å²) in [6.45, 7) is 3.29. The van der Waals surface area contributed by atoms with Gasteiger partial charge in [-0.3, -0.25) is 4.79 Å². The molecule has 1 aliphatic heterocycles. The van der Waals surface area contributed by atoms with E-state index in [-0.39, 0.29) is 18.0 Å². The highest BCUT2D eigenvalue weighted by atomic mass is 35.5. The van der Waals surface area contributed by atoms with Crippen LogP contribution in [0.25, 0.3) is 0 Å². The van der Waals surface area contributed by atoms with Gasteiger partial charge in [0.25, 0.3) is 5.91 Å². The number of carbonyl (C=O) groups is 2. The molecule has 21 heavy (non-hydrogen) atoms. The van der Waals surface area contributed by atoms with Gasteiger partial charge in [-0.2, -0.15) is 0 Å². The number of nitrogens with zero attached hydrogens (tertiary/aromatic N) is 1. The lowest BCUT2D eigenvalue weighted by atomic mass is 10.1. The van der Waals surface area contributed by atoms with Crippen molar-refractivity contribution in [2.45, 2.75) is 25.8 Å². The van der Waals surface area contributed by atoms with Crippen molar-refractivity contribution < 1.29 is 14.3 Å². The molecular formula is C13H16Cl2N2O3S. The molecule has 0 radical (unpaired) electrons. The van der Waals surface area contributed by atoms with Crippen LogP contribution in [0.4, 0.5) is 4.79 Å². The first kappa shape index (κ1) is 16.4. The summed E-state index contributed by atoms with van der Waals surface area (Å²) in [5, 5.41) is 2.93. The second-order valence-corrected chi connectivity index (χ2v) is 6.96. The highest BCUT2D eigenvalue weighted by Crippen LogP contribution is 2.31. The SMILES string of the molecule is CCOC(=O)N1CCC(NC(=O)c2cc(Cl)sc2Cl)CC1. The zero-order valence-electron chi connectivity index (χ0n) is 11.5. The zero-order valence-corrected chi connectivity index (χ0v) is 13.9. The molecule has 0 bridgehead atoms. The molecule has 8 heteroatoms. The smallest absolute Gasteiger partial charge is 0.409 e. The van der Waals surface area contributed by atoms with Crippen LogP contribution in [0.5, 0.6) is 0 Å². The Morgan fingerprint density at radius 2 is 2.10 bits per heavy atom. The van der Waals surface area contributed by atoms with Crippen LogP contribution in [0, 0.1) is 0 Å². The Morgan fingerprint density at radius 1 is 1.43 bits per heavy atom. The summed E-state index contributed by atoms with van der Waals surface area (Å²) in [7, 11) is 0. The van der Waals surface area contributed by atoms with Gasteiger partial charge in [-0.15, -0.1) is 11.3 Å². The summed E-state index contributed by atoms with van der Waals surface area (Å²) in [6, 6.07) is 1.59. The van der Waals surface area contributed by atoms with Crippen LogP contribution in [0.3, 0.4) is 0 Å². The van der Waals surface area contributed by atoms with Crippen molar-refractivity contribution in [1.82, 2.24) is 10.2 Å². The van der Waals surface area contributed by atoms with Gasteiger partial charge in [0, 0.05) is 19.1 Å². The van der Waals surface area contributed by atoms with Crippen LogP contribution in [-0.4, -0.2) is 42.6 Å². The Labute approximate surface area is 137 Å². The van der Waals surface area contributed by atoms with E-state index in [9.17, 15) is 9.59 Å². The van der Waals surface area contributed by atoms with Crippen molar-refractivity contribution >= 4 is 46.5 Å². The van der Waals surface area contributed by atoms with E-state index < -0.39 is 0 Å². The predicted octanol–water partition coefficient (Wildman–Crippen LogP) is 3.41. The summed E-state index contributed by atoms with van der Waals surface area (Å²) in [5.41, 5.74) is 0.402.